The quantitative estimate of drug-likeness (QED) is 0.392. The number of nitrogens with one attached hydrogen (secondary N) is 2. The lowest BCUT2D eigenvalue weighted by Gasteiger charge is -2.26. The molecule has 2 aromatic carbocycles. The number of anilines is 2. The highest BCUT2D eigenvalue weighted by Crippen LogP contribution is 2.39. The predicted molar refractivity (Wildman–Crippen MR) is 138 cm³/mol. The predicted octanol–water partition coefficient (Wildman–Crippen LogP) is 5.72. The van der Waals surface area contributed by atoms with Crippen molar-refractivity contribution in [2.24, 2.45) is 0 Å². The zero-order valence-electron chi connectivity index (χ0n) is 21.0. The molecule has 1 aliphatic rings. The van der Waals surface area contributed by atoms with Gasteiger partial charge in [0.2, 0.25) is 5.91 Å². The number of aryl methyl sites for hydroxylation is 1. The van der Waals surface area contributed by atoms with Crippen molar-refractivity contribution < 1.29 is 27.3 Å². The average molecular weight is 535 g/mol. The highest BCUT2D eigenvalue weighted by Gasteiger charge is 2.32. The molecule has 11 heteroatoms. The molecule has 0 radical (unpaired) electrons. The second kappa shape index (κ2) is 10.7. The number of hydrogen-bond donors (Lipinski definition) is 2. The van der Waals surface area contributed by atoms with E-state index in [0.29, 0.717) is 45.4 Å². The van der Waals surface area contributed by atoms with E-state index < -0.39 is 34.9 Å². The normalized spacial score (nSPS) is 18.9. The number of hydrogen-bond acceptors (Lipinski definition) is 6. The van der Waals surface area contributed by atoms with Crippen LogP contribution in [0.5, 0.6) is 5.75 Å². The van der Waals surface area contributed by atoms with E-state index >= 15 is 0 Å². The maximum atomic E-state index is 13.6. The van der Waals surface area contributed by atoms with E-state index in [1.807, 2.05) is 12.1 Å². The van der Waals surface area contributed by atoms with Crippen molar-refractivity contribution in [3.05, 3.63) is 52.8 Å². The Kier molecular flexibility index (Phi) is 7.84. The molecule has 1 amide bonds. The third-order valence-corrected chi connectivity index (χ3v) is 7.83. The molecule has 1 aliphatic heterocycles. The number of halogens is 3. The molecule has 0 bridgehead atoms. The fourth-order valence-electron chi connectivity index (χ4n) is 4.63. The molecular formula is C26H29F3N4O3S. The van der Waals surface area contributed by atoms with Gasteiger partial charge in [0, 0.05) is 24.1 Å². The second-order valence-electron chi connectivity index (χ2n) is 9.24. The summed E-state index contributed by atoms with van der Waals surface area (Å²) in [7, 11) is 1.60. The highest BCUT2D eigenvalue weighted by molar-refractivity contribution is 7.91. The van der Waals surface area contributed by atoms with Gasteiger partial charge in [-0.3, -0.25) is 4.79 Å². The van der Waals surface area contributed by atoms with Gasteiger partial charge in [0.05, 0.1) is 24.2 Å². The van der Waals surface area contributed by atoms with Crippen LogP contribution in [0.25, 0.3) is 10.9 Å². The Morgan fingerprint density at radius 2 is 1.86 bits per heavy atom. The molecule has 0 aliphatic carbocycles. The summed E-state index contributed by atoms with van der Waals surface area (Å²) >= 11 is -0.805. The van der Waals surface area contributed by atoms with Gasteiger partial charge in [0.25, 0.3) is 0 Å². The Labute approximate surface area is 216 Å². The number of benzene rings is 2. The van der Waals surface area contributed by atoms with E-state index in [0.717, 1.165) is 30.5 Å². The summed E-state index contributed by atoms with van der Waals surface area (Å²) in [5.41, 5.74) is 1.17. The summed E-state index contributed by atoms with van der Waals surface area (Å²) in [6.45, 7) is 4.72. The van der Waals surface area contributed by atoms with Gasteiger partial charge in [0.1, 0.15) is 28.9 Å². The fourth-order valence-corrected chi connectivity index (χ4v) is 5.93. The molecule has 37 heavy (non-hydrogen) atoms. The van der Waals surface area contributed by atoms with E-state index in [1.54, 1.807) is 21.0 Å². The number of alkyl halides is 3. The van der Waals surface area contributed by atoms with Crippen LogP contribution < -0.4 is 15.4 Å². The van der Waals surface area contributed by atoms with Gasteiger partial charge in [-0.15, -0.1) is 0 Å². The maximum Gasteiger partial charge on any atom is 0.416 e. The molecule has 2 N–H and O–H groups in total. The van der Waals surface area contributed by atoms with Crippen LogP contribution in [0.1, 0.15) is 61.2 Å². The third kappa shape index (κ3) is 6.27. The number of fused-ring (bicyclic) bond motifs is 1. The minimum Gasteiger partial charge on any atom is -0.616 e. The lowest BCUT2D eigenvalue weighted by atomic mass is 9.91. The van der Waals surface area contributed by atoms with E-state index in [4.69, 9.17) is 4.74 Å². The van der Waals surface area contributed by atoms with Crippen LogP contribution >= 0.6 is 0 Å². The van der Waals surface area contributed by atoms with Crippen molar-refractivity contribution in [1.29, 1.82) is 0 Å². The topological polar surface area (TPSA) is 99.2 Å². The van der Waals surface area contributed by atoms with Crippen LogP contribution in [0.15, 0.2) is 30.3 Å². The lowest BCUT2D eigenvalue weighted by Crippen LogP contribution is -2.22. The lowest BCUT2D eigenvalue weighted by molar-refractivity contribution is -0.137. The molecule has 1 atom stereocenters. The van der Waals surface area contributed by atoms with Crippen molar-refractivity contribution in [2.45, 2.75) is 51.7 Å². The zero-order valence-corrected chi connectivity index (χ0v) is 21.8. The third-order valence-electron chi connectivity index (χ3n) is 6.44. The molecule has 198 valence electrons. The molecule has 4 rings (SSSR count). The van der Waals surface area contributed by atoms with Crippen molar-refractivity contribution in [3.8, 4) is 5.75 Å². The second-order valence-corrected chi connectivity index (χ2v) is 10.9. The van der Waals surface area contributed by atoms with Gasteiger partial charge in [-0.1, -0.05) is 11.2 Å². The molecule has 2 heterocycles. The molecule has 3 aromatic rings. The number of rotatable bonds is 6. The summed E-state index contributed by atoms with van der Waals surface area (Å²) in [4.78, 5) is 20.6. The number of ether oxygens (including phenoxy) is 1. The van der Waals surface area contributed by atoms with Crippen LogP contribution in [0, 0.1) is 6.92 Å². The van der Waals surface area contributed by atoms with Crippen molar-refractivity contribution in [2.75, 3.05) is 29.2 Å². The van der Waals surface area contributed by atoms with E-state index in [9.17, 15) is 22.5 Å². The molecule has 1 aromatic heterocycles. The Balaban J connectivity index is 1.74. The average Bonchev–Trinajstić information content (AvgIpc) is 2.82. The van der Waals surface area contributed by atoms with Crippen molar-refractivity contribution >= 4 is 39.5 Å². The number of nitrogens with zero attached hydrogens (tertiary/aromatic N) is 2. The molecule has 1 fully saturated rings. The van der Waals surface area contributed by atoms with Gasteiger partial charge in [0.15, 0.2) is 0 Å². The molecule has 7 nitrogen and oxygen atoms in total. The van der Waals surface area contributed by atoms with Gasteiger partial charge >= 0.3 is 6.18 Å². The fraction of sp³-hybridized carbons (Fsp3) is 0.423. The summed E-state index contributed by atoms with van der Waals surface area (Å²) in [5, 5.41) is 6.42. The van der Waals surface area contributed by atoms with Crippen LogP contribution in [0.2, 0.25) is 0 Å². The first kappa shape index (κ1) is 27.0. The number of amides is 1. The highest BCUT2D eigenvalue weighted by atomic mass is 32.2. The van der Waals surface area contributed by atoms with Crippen LogP contribution in [-0.4, -0.2) is 39.0 Å². The summed E-state index contributed by atoms with van der Waals surface area (Å²) in [6.07, 6.45) is -3.02. The van der Waals surface area contributed by atoms with E-state index in [-0.39, 0.29) is 11.6 Å². The Morgan fingerprint density at radius 1 is 1.16 bits per heavy atom. The standard InChI is InChI=1S/C26H29F3N4O3S/c1-14(18-9-19(26(27,28)29)11-20(10-18)33-16(3)34)30-25-22-12-21(17-5-7-37(35)8-6-17)24(36-4)13-23(22)31-15(2)32-25/h9-14,17H,5-8H2,1-4H3,(H,33,34)(H,30,31,32)/t14-,17?,37?/m1/s1. The van der Waals surface area contributed by atoms with Crippen LogP contribution in [-0.2, 0) is 22.1 Å². The Bertz CT molecular complexity index is 1310. The number of methoxy groups -OCH3 is 1. The Morgan fingerprint density at radius 3 is 2.49 bits per heavy atom. The Hall–Kier alpha value is -3.05. The summed E-state index contributed by atoms with van der Waals surface area (Å²) < 4.78 is 58.2. The zero-order chi connectivity index (χ0) is 26.9. The summed E-state index contributed by atoms with van der Waals surface area (Å²) in [5.74, 6) is 2.64. The smallest absolute Gasteiger partial charge is 0.416 e. The summed E-state index contributed by atoms with van der Waals surface area (Å²) in [6, 6.07) is 6.74. The van der Waals surface area contributed by atoms with Crippen LogP contribution in [0.4, 0.5) is 24.7 Å². The minimum absolute atomic E-state index is 0.0661. The molecule has 1 saturated heterocycles. The van der Waals surface area contributed by atoms with Crippen molar-refractivity contribution in [1.82, 2.24) is 9.97 Å². The van der Waals surface area contributed by atoms with Gasteiger partial charge < -0.3 is 19.9 Å². The molecule has 0 spiro atoms. The molecular weight excluding hydrogens is 505 g/mol. The SMILES string of the molecule is COc1cc2nc(C)nc(N[C@H](C)c3cc(NC(C)=O)cc(C(F)(F)F)c3)c2cc1C1CC[S+]([O-])CC1. The molecule has 0 saturated carbocycles. The maximum absolute atomic E-state index is 13.6. The van der Waals surface area contributed by atoms with Gasteiger partial charge in [-0.2, -0.15) is 13.2 Å². The van der Waals surface area contributed by atoms with E-state index in [1.165, 1.54) is 13.0 Å². The van der Waals surface area contributed by atoms with Gasteiger partial charge in [-0.25, -0.2) is 9.97 Å². The largest absolute Gasteiger partial charge is 0.616 e. The first-order valence-electron chi connectivity index (χ1n) is 11.9. The minimum atomic E-state index is -4.57. The van der Waals surface area contributed by atoms with Crippen LogP contribution in [0.3, 0.4) is 0 Å². The van der Waals surface area contributed by atoms with E-state index in [2.05, 4.69) is 20.6 Å². The monoisotopic (exact) mass is 534 g/mol. The number of carbonyl (C=O) groups excluding carboxylic acids is 1. The first-order chi connectivity index (χ1) is 17.4. The van der Waals surface area contributed by atoms with Gasteiger partial charge in [-0.05, 0) is 68.0 Å². The number of carbonyl (C=O) groups is 1. The first-order valence-corrected chi connectivity index (χ1v) is 13.4. The van der Waals surface area contributed by atoms with Crippen molar-refractivity contribution in [3.63, 3.8) is 0 Å². The molecule has 0 unspecified atom stereocenters. The number of aromatic nitrogens is 2.